The second kappa shape index (κ2) is 10.7. The number of thiophene rings is 1. The van der Waals surface area contributed by atoms with Crippen LogP contribution in [-0.2, 0) is 11.8 Å². The van der Waals surface area contributed by atoms with Gasteiger partial charge in [0.1, 0.15) is 35.2 Å². The van der Waals surface area contributed by atoms with Crippen LogP contribution >= 0.6 is 11.3 Å². The molecule has 0 aliphatic carbocycles. The van der Waals surface area contributed by atoms with Crippen LogP contribution in [0, 0.1) is 5.82 Å². The monoisotopic (exact) mass is 538 g/mol. The third kappa shape index (κ3) is 5.78. The molecule has 9 nitrogen and oxygen atoms in total. The molecule has 11 heteroatoms. The Morgan fingerprint density at radius 3 is 2.58 bits per heavy atom. The Labute approximate surface area is 224 Å². The van der Waals surface area contributed by atoms with Gasteiger partial charge >= 0.3 is 6.09 Å². The fourth-order valence-corrected chi connectivity index (χ4v) is 5.28. The van der Waals surface area contributed by atoms with Crippen molar-refractivity contribution in [3.8, 4) is 28.3 Å². The van der Waals surface area contributed by atoms with Crippen molar-refractivity contribution in [1.29, 1.82) is 0 Å². The van der Waals surface area contributed by atoms with E-state index >= 15 is 0 Å². The summed E-state index contributed by atoms with van der Waals surface area (Å²) < 4.78 is 28.5. The van der Waals surface area contributed by atoms with Gasteiger partial charge in [-0.05, 0) is 44.4 Å². The first kappa shape index (κ1) is 26.1. The van der Waals surface area contributed by atoms with Crippen LogP contribution in [0.3, 0.4) is 0 Å². The smallest absolute Gasteiger partial charge is 0.410 e. The van der Waals surface area contributed by atoms with Gasteiger partial charge in [0.15, 0.2) is 0 Å². The maximum atomic E-state index is 14.2. The molecule has 0 saturated carbocycles. The fraction of sp³-hybridized carbons (Fsp3) is 0.407. The topological polar surface area (TPSA) is 85.6 Å². The first-order valence-corrected chi connectivity index (χ1v) is 13.4. The Kier molecular flexibility index (Phi) is 7.31. The molecule has 5 rings (SSSR count). The summed E-state index contributed by atoms with van der Waals surface area (Å²) in [4.78, 5) is 16.3. The van der Waals surface area contributed by atoms with Gasteiger partial charge in [0.25, 0.3) is 0 Å². The highest BCUT2D eigenvalue weighted by Crippen LogP contribution is 2.39. The van der Waals surface area contributed by atoms with Crippen LogP contribution < -0.4 is 4.74 Å². The number of aryl methyl sites for hydroxylation is 1. The first-order valence-electron chi connectivity index (χ1n) is 12.5. The van der Waals surface area contributed by atoms with Gasteiger partial charge in [-0.3, -0.25) is 9.58 Å². The summed E-state index contributed by atoms with van der Waals surface area (Å²) in [6.07, 6.45) is 3.38. The molecule has 0 N–H and O–H groups in total. The normalized spacial score (nSPS) is 14.7. The van der Waals surface area contributed by atoms with E-state index in [1.54, 1.807) is 33.2 Å². The number of halogens is 1. The van der Waals surface area contributed by atoms with Crippen molar-refractivity contribution in [2.45, 2.75) is 26.4 Å². The molecule has 1 saturated heterocycles. The van der Waals surface area contributed by atoms with Gasteiger partial charge in [0, 0.05) is 68.5 Å². The minimum atomic E-state index is -0.511. The lowest BCUT2D eigenvalue weighted by Crippen LogP contribution is -2.50. The summed E-state index contributed by atoms with van der Waals surface area (Å²) in [6, 6.07) is 6.51. The number of amides is 1. The molecule has 38 heavy (non-hydrogen) atoms. The van der Waals surface area contributed by atoms with Crippen molar-refractivity contribution in [3.63, 3.8) is 0 Å². The second-order valence-corrected chi connectivity index (χ2v) is 11.2. The van der Waals surface area contributed by atoms with Crippen molar-refractivity contribution in [3.05, 3.63) is 47.9 Å². The van der Waals surface area contributed by atoms with E-state index in [9.17, 15) is 9.18 Å². The van der Waals surface area contributed by atoms with E-state index < -0.39 is 5.60 Å². The van der Waals surface area contributed by atoms with Crippen molar-refractivity contribution >= 4 is 27.5 Å². The fourth-order valence-electron chi connectivity index (χ4n) is 4.39. The quantitative estimate of drug-likeness (QED) is 0.348. The Bertz CT molecular complexity index is 1440. The lowest BCUT2D eigenvalue weighted by atomic mass is 10.1. The zero-order valence-electron chi connectivity index (χ0n) is 22.0. The number of hydrogen-bond acceptors (Lipinski definition) is 8. The molecule has 0 radical (unpaired) electrons. The highest BCUT2D eigenvalue weighted by Gasteiger charge is 2.26. The molecular weight excluding hydrogens is 507 g/mol. The van der Waals surface area contributed by atoms with Crippen molar-refractivity contribution in [2.24, 2.45) is 7.05 Å². The largest absolute Gasteiger partial charge is 0.491 e. The Balaban J connectivity index is 1.27. The molecule has 200 valence electrons. The standard InChI is InChI=1S/C27H31FN6O3S/c1-27(2,3)37-26(35)34-10-8-33(9-11-34)12-13-36-22-15-19(28)5-6-20(22)24-25-21(7-14-38-25)23(30-31-24)18-16-29-32(4)17-18/h5-7,14-17H,8-13H2,1-4H3. The van der Waals surface area contributed by atoms with Gasteiger partial charge in [-0.25, -0.2) is 9.18 Å². The Morgan fingerprint density at radius 1 is 1.11 bits per heavy atom. The van der Waals surface area contributed by atoms with Gasteiger partial charge < -0.3 is 14.4 Å². The molecule has 1 aromatic carbocycles. The zero-order chi connectivity index (χ0) is 26.9. The Hall–Kier alpha value is -3.57. The van der Waals surface area contributed by atoms with E-state index in [2.05, 4.69) is 20.2 Å². The van der Waals surface area contributed by atoms with E-state index in [0.717, 1.165) is 34.4 Å². The van der Waals surface area contributed by atoms with E-state index in [1.807, 2.05) is 45.5 Å². The van der Waals surface area contributed by atoms with Gasteiger partial charge in [0.2, 0.25) is 0 Å². The van der Waals surface area contributed by atoms with Crippen LogP contribution in [0.25, 0.3) is 32.6 Å². The number of rotatable bonds is 6. The summed E-state index contributed by atoms with van der Waals surface area (Å²) in [5.41, 5.74) is 2.48. The van der Waals surface area contributed by atoms with Crippen LogP contribution in [0.4, 0.5) is 9.18 Å². The predicted octanol–water partition coefficient (Wildman–Crippen LogP) is 4.83. The van der Waals surface area contributed by atoms with E-state index in [0.29, 0.717) is 43.2 Å². The van der Waals surface area contributed by atoms with Gasteiger partial charge in [-0.1, -0.05) is 0 Å². The number of nitrogens with zero attached hydrogens (tertiary/aromatic N) is 6. The minimum absolute atomic E-state index is 0.284. The van der Waals surface area contributed by atoms with Crippen molar-refractivity contribution < 1.29 is 18.7 Å². The molecule has 0 bridgehead atoms. The number of carbonyl (C=O) groups excluding carboxylic acids is 1. The summed E-state index contributed by atoms with van der Waals surface area (Å²) >= 11 is 1.56. The number of ether oxygens (including phenoxy) is 2. The second-order valence-electron chi connectivity index (χ2n) is 10.3. The van der Waals surface area contributed by atoms with E-state index in [4.69, 9.17) is 9.47 Å². The molecule has 3 aromatic heterocycles. The summed E-state index contributed by atoms with van der Waals surface area (Å²) in [5.74, 6) is 0.0487. The van der Waals surface area contributed by atoms with Crippen LogP contribution in [0.15, 0.2) is 42.0 Å². The number of carbonyl (C=O) groups is 1. The maximum absolute atomic E-state index is 14.2. The van der Waals surface area contributed by atoms with Crippen molar-refractivity contribution in [2.75, 3.05) is 39.3 Å². The minimum Gasteiger partial charge on any atom is -0.491 e. The van der Waals surface area contributed by atoms with Crippen LogP contribution in [0.5, 0.6) is 5.75 Å². The number of fused-ring (bicyclic) bond motifs is 1. The molecule has 1 fully saturated rings. The van der Waals surface area contributed by atoms with Crippen molar-refractivity contribution in [1.82, 2.24) is 29.8 Å². The molecule has 1 aliphatic heterocycles. The summed E-state index contributed by atoms with van der Waals surface area (Å²) in [6.45, 7) is 9.24. The molecule has 1 aliphatic rings. The lowest BCUT2D eigenvalue weighted by molar-refractivity contribution is 0.0137. The average Bonchev–Trinajstić information content (AvgIpc) is 3.53. The van der Waals surface area contributed by atoms with Crippen LogP contribution in [0.2, 0.25) is 0 Å². The summed E-state index contributed by atoms with van der Waals surface area (Å²) in [7, 11) is 1.86. The highest BCUT2D eigenvalue weighted by molar-refractivity contribution is 7.17. The number of hydrogen-bond donors (Lipinski definition) is 0. The molecule has 0 unspecified atom stereocenters. The predicted molar refractivity (Wildman–Crippen MR) is 145 cm³/mol. The van der Waals surface area contributed by atoms with E-state index in [-0.39, 0.29) is 11.9 Å². The summed E-state index contributed by atoms with van der Waals surface area (Å²) in [5, 5.41) is 16.2. The van der Waals surface area contributed by atoms with Crippen LogP contribution in [-0.4, -0.2) is 80.8 Å². The molecular formula is C27H31FN6O3S. The first-order chi connectivity index (χ1) is 18.2. The number of benzene rings is 1. The molecule has 0 spiro atoms. The highest BCUT2D eigenvalue weighted by atomic mass is 32.1. The maximum Gasteiger partial charge on any atom is 0.410 e. The third-order valence-corrected chi connectivity index (χ3v) is 7.17. The van der Waals surface area contributed by atoms with Gasteiger partial charge in [0.05, 0.1) is 10.9 Å². The molecule has 4 aromatic rings. The van der Waals surface area contributed by atoms with Crippen LogP contribution in [0.1, 0.15) is 20.8 Å². The number of aromatic nitrogens is 4. The third-order valence-electron chi connectivity index (χ3n) is 6.25. The van der Waals surface area contributed by atoms with Gasteiger partial charge in [-0.2, -0.15) is 5.10 Å². The SMILES string of the molecule is Cn1cc(-c2nnc(-c3ccc(F)cc3OCCN3CCN(C(=O)OC(C)(C)C)CC3)c3sccc23)cn1. The molecule has 4 heterocycles. The van der Waals surface area contributed by atoms with E-state index in [1.165, 1.54) is 12.1 Å². The Morgan fingerprint density at radius 2 is 1.87 bits per heavy atom. The zero-order valence-corrected chi connectivity index (χ0v) is 22.8. The average molecular weight is 539 g/mol. The van der Waals surface area contributed by atoms with Gasteiger partial charge in [-0.15, -0.1) is 21.5 Å². The molecule has 0 atom stereocenters. The molecule has 1 amide bonds. The lowest BCUT2D eigenvalue weighted by Gasteiger charge is -2.35. The number of piperazine rings is 1.